The van der Waals surface area contributed by atoms with Crippen LogP contribution in [0.15, 0.2) is 24.3 Å². The van der Waals surface area contributed by atoms with Crippen LogP contribution in [0.5, 0.6) is 0 Å². The Bertz CT molecular complexity index is 444. The smallest absolute Gasteiger partial charge is 0.336 e. The highest BCUT2D eigenvalue weighted by Crippen LogP contribution is 2.08. The third-order valence-electron chi connectivity index (χ3n) is 2.72. The van der Waals surface area contributed by atoms with Gasteiger partial charge in [-0.1, -0.05) is 12.1 Å². The molecule has 0 saturated carbocycles. The second kappa shape index (κ2) is 7.53. The van der Waals surface area contributed by atoms with Crippen molar-refractivity contribution < 1.29 is 14.7 Å². The lowest BCUT2D eigenvalue weighted by Crippen LogP contribution is -2.27. The zero-order chi connectivity index (χ0) is 14.3. The fourth-order valence-corrected chi connectivity index (χ4v) is 1.72. The summed E-state index contributed by atoms with van der Waals surface area (Å²) in [4.78, 5) is 25.0. The molecule has 0 saturated heterocycles. The summed E-state index contributed by atoms with van der Waals surface area (Å²) in [6.45, 7) is 1.53. The first-order valence-corrected chi connectivity index (χ1v) is 6.27. The van der Waals surface area contributed by atoms with Gasteiger partial charge in [-0.25, -0.2) is 4.79 Å². The van der Waals surface area contributed by atoms with E-state index in [4.69, 9.17) is 5.11 Å². The number of carbonyl (C=O) groups is 2. The van der Waals surface area contributed by atoms with Gasteiger partial charge < -0.3 is 15.3 Å². The Hall–Kier alpha value is -1.88. The minimum absolute atomic E-state index is 0.0355. The number of rotatable bonds is 7. The topological polar surface area (TPSA) is 69.6 Å². The van der Waals surface area contributed by atoms with Crippen LogP contribution in [-0.4, -0.2) is 49.1 Å². The van der Waals surface area contributed by atoms with E-state index in [0.717, 1.165) is 19.4 Å². The molecule has 5 heteroatoms. The summed E-state index contributed by atoms with van der Waals surface area (Å²) in [6.07, 6.45) is 1.87. The number of unbranched alkanes of at least 4 members (excludes halogenated alkanes) is 1. The van der Waals surface area contributed by atoms with Crippen LogP contribution in [0.2, 0.25) is 0 Å². The van der Waals surface area contributed by atoms with Crippen molar-refractivity contribution in [2.24, 2.45) is 0 Å². The molecule has 1 amide bonds. The van der Waals surface area contributed by atoms with Gasteiger partial charge in [0.25, 0.3) is 5.91 Å². The first kappa shape index (κ1) is 15.2. The molecule has 19 heavy (non-hydrogen) atoms. The molecule has 1 aromatic carbocycles. The Kier molecular flexibility index (Phi) is 6.02. The highest BCUT2D eigenvalue weighted by molar-refractivity contribution is 6.04. The van der Waals surface area contributed by atoms with Crippen LogP contribution in [0, 0.1) is 0 Å². The number of hydrogen-bond acceptors (Lipinski definition) is 3. The zero-order valence-corrected chi connectivity index (χ0v) is 11.3. The number of amides is 1. The fourth-order valence-electron chi connectivity index (χ4n) is 1.72. The monoisotopic (exact) mass is 264 g/mol. The van der Waals surface area contributed by atoms with E-state index in [-0.39, 0.29) is 17.0 Å². The number of aromatic carboxylic acids is 1. The predicted molar refractivity (Wildman–Crippen MR) is 73.5 cm³/mol. The number of benzene rings is 1. The first-order chi connectivity index (χ1) is 9.02. The number of carboxylic acids is 1. The summed E-state index contributed by atoms with van der Waals surface area (Å²) in [5, 5.41) is 11.7. The highest BCUT2D eigenvalue weighted by atomic mass is 16.4. The Morgan fingerprint density at radius 2 is 1.79 bits per heavy atom. The number of nitrogens with zero attached hydrogens (tertiary/aromatic N) is 1. The zero-order valence-electron chi connectivity index (χ0n) is 11.3. The molecule has 0 aliphatic rings. The first-order valence-electron chi connectivity index (χ1n) is 6.27. The molecule has 0 fully saturated rings. The van der Waals surface area contributed by atoms with Gasteiger partial charge >= 0.3 is 5.97 Å². The summed E-state index contributed by atoms with van der Waals surface area (Å²) >= 11 is 0. The fraction of sp³-hybridized carbons (Fsp3) is 0.429. The molecule has 0 aliphatic heterocycles. The predicted octanol–water partition coefficient (Wildman–Crippen LogP) is 1.46. The van der Waals surface area contributed by atoms with Crippen molar-refractivity contribution in [2.75, 3.05) is 27.2 Å². The van der Waals surface area contributed by atoms with Gasteiger partial charge in [-0.2, -0.15) is 0 Å². The molecule has 1 rings (SSSR count). The molecule has 1 aromatic rings. The van der Waals surface area contributed by atoms with Crippen LogP contribution in [0.25, 0.3) is 0 Å². The SMILES string of the molecule is CN(C)CCCCNC(=O)c1ccccc1C(=O)O. The average molecular weight is 264 g/mol. The van der Waals surface area contributed by atoms with Crippen LogP contribution in [0.1, 0.15) is 33.6 Å². The van der Waals surface area contributed by atoms with Crippen LogP contribution >= 0.6 is 0 Å². The van der Waals surface area contributed by atoms with Crippen LogP contribution in [0.3, 0.4) is 0 Å². The number of carboxylic acid groups (broad SMARTS) is 1. The quantitative estimate of drug-likeness (QED) is 0.731. The van der Waals surface area contributed by atoms with Gasteiger partial charge in [-0.3, -0.25) is 4.79 Å². The number of carbonyl (C=O) groups excluding carboxylic acids is 1. The van der Waals surface area contributed by atoms with Crippen LogP contribution in [-0.2, 0) is 0 Å². The molecular weight excluding hydrogens is 244 g/mol. The molecule has 2 N–H and O–H groups in total. The normalized spacial score (nSPS) is 10.5. The van der Waals surface area contributed by atoms with E-state index in [1.165, 1.54) is 12.1 Å². The van der Waals surface area contributed by atoms with E-state index in [2.05, 4.69) is 10.2 Å². The molecule has 0 spiro atoms. The average Bonchev–Trinajstić information content (AvgIpc) is 2.37. The Morgan fingerprint density at radius 1 is 1.16 bits per heavy atom. The van der Waals surface area contributed by atoms with Crippen LogP contribution < -0.4 is 5.32 Å². The van der Waals surface area contributed by atoms with Gasteiger partial charge in [-0.05, 0) is 45.6 Å². The number of hydrogen-bond donors (Lipinski definition) is 2. The molecule has 5 nitrogen and oxygen atoms in total. The van der Waals surface area contributed by atoms with Crippen molar-refractivity contribution in [1.29, 1.82) is 0 Å². The molecule has 104 valence electrons. The number of nitrogens with one attached hydrogen (secondary N) is 1. The lowest BCUT2D eigenvalue weighted by Gasteiger charge is -2.10. The van der Waals surface area contributed by atoms with Gasteiger partial charge in [0, 0.05) is 6.54 Å². The molecule has 0 aliphatic carbocycles. The largest absolute Gasteiger partial charge is 0.478 e. The molecular formula is C14H20N2O3. The van der Waals surface area contributed by atoms with E-state index in [1.54, 1.807) is 12.1 Å². The van der Waals surface area contributed by atoms with Gasteiger partial charge in [0.2, 0.25) is 0 Å². The Balaban J connectivity index is 2.48. The third-order valence-corrected chi connectivity index (χ3v) is 2.72. The van der Waals surface area contributed by atoms with Gasteiger partial charge in [0.05, 0.1) is 11.1 Å². The van der Waals surface area contributed by atoms with E-state index in [1.807, 2.05) is 14.1 Å². The summed E-state index contributed by atoms with van der Waals surface area (Å²) in [7, 11) is 4.00. The van der Waals surface area contributed by atoms with Crippen molar-refractivity contribution in [3.63, 3.8) is 0 Å². The summed E-state index contributed by atoms with van der Waals surface area (Å²) in [6, 6.07) is 6.23. The van der Waals surface area contributed by atoms with E-state index < -0.39 is 5.97 Å². The van der Waals surface area contributed by atoms with Crippen molar-refractivity contribution in [3.05, 3.63) is 35.4 Å². The maximum absolute atomic E-state index is 11.9. The van der Waals surface area contributed by atoms with Crippen molar-refractivity contribution >= 4 is 11.9 Å². The standard InChI is InChI=1S/C14H20N2O3/c1-16(2)10-6-5-9-15-13(17)11-7-3-4-8-12(11)14(18)19/h3-4,7-8H,5-6,9-10H2,1-2H3,(H,15,17)(H,18,19). The minimum Gasteiger partial charge on any atom is -0.478 e. The van der Waals surface area contributed by atoms with Crippen LogP contribution in [0.4, 0.5) is 0 Å². The summed E-state index contributed by atoms with van der Waals surface area (Å²) in [5.74, 6) is -1.42. The van der Waals surface area contributed by atoms with Gasteiger partial charge in [-0.15, -0.1) is 0 Å². The van der Waals surface area contributed by atoms with Crippen molar-refractivity contribution in [3.8, 4) is 0 Å². The molecule has 0 atom stereocenters. The van der Waals surface area contributed by atoms with Gasteiger partial charge in [0.15, 0.2) is 0 Å². The summed E-state index contributed by atoms with van der Waals surface area (Å²) in [5.41, 5.74) is 0.246. The lowest BCUT2D eigenvalue weighted by molar-refractivity contribution is 0.0691. The molecule has 0 unspecified atom stereocenters. The summed E-state index contributed by atoms with van der Waals surface area (Å²) < 4.78 is 0. The Labute approximate surface area is 113 Å². The molecule has 0 heterocycles. The minimum atomic E-state index is -1.08. The molecule has 0 radical (unpaired) electrons. The highest BCUT2D eigenvalue weighted by Gasteiger charge is 2.14. The maximum atomic E-state index is 11.9. The maximum Gasteiger partial charge on any atom is 0.336 e. The lowest BCUT2D eigenvalue weighted by atomic mass is 10.1. The molecule has 0 bridgehead atoms. The third kappa shape index (κ3) is 5.09. The molecule has 0 aromatic heterocycles. The van der Waals surface area contributed by atoms with Crippen molar-refractivity contribution in [1.82, 2.24) is 10.2 Å². The van der Waals surface area contributed by atoms with E-state index >= 15 is 0 Å². The second-order valence-electron chi connectivity index (χ2n) is 4.62. The second-order valence-corrected chi connectivity index (χ2v) is 4.62. The Morgan fingerprint density at radius 3 is 2.37 bits per heavy atom. The van der Waals surface area contributed by atoms with E-state index in [9.17, 15) is 9.59 Å². The van der Waals surface area contributed by atoms with Gasteiger partial charge in [0.1, 0.15) is 0 Å². The van der Waals surface area contributed by atoms with E-state index in [0.29, 0.717) is 6.54 Å². The van der Waals surface area contributed by atoms with Crippen molar-refractivity contribution in [2.45, 2.75) is 12.8 Å².